The van der Waals surface area contributed by atoms with E-state index in [0.717, 1.165) is 5.56 Å². The van der Waals surface area contributed by atoms with Gasteiger partial charge in [-0.05, 0) is 19.4 Å². The number of nitrogens with two attached hydrogens (primary N) is 1. The van der Waals surface area contributed by atoms with Crippen LogP contribution in [0.25, 0.3) is 0 Å². The molecule has 0 bridgehead atoms. The number of aliphatic hydroxyl groups is 1. The molecular weight excluding hydrogens is 222 g/mol. The van der Waals surface area contributed by atoms with Crippen molar-refractivity contribution in [1.29, 1.82) is 0 Å². The lowest BCUT2D eigenvalue weighted by molar-refractivity contribution is -0.384. The molecule has 17 heavy (non-hydrogen) atoms. The first-order valence-electron chi connectivity index (χ1n) is 5.34. The maximum atomic E-state index is 10.6. The smallest absolute Gasteiger partial charge is 0.271 e. The zero-order chi connectivity index (χ0) is 13.0. The highest BCUT2D eigenvalue weighted by molar-refractivity contribution is 5.56. The van der Waals surface area contributed by atoms with Gasteiger partial charge >= 0.3 is 0 Å². The average Bonchev–Trinajstić information content (AvgIpc) is 2.26. The number of non-ortho nitro benzene ring substituents is 1. The first-order chi connectivity index (χ1) is 7.91. The van der Waals surface area contributed by atoms with Crippen molar-refractivity contribution in [3.63, 3.8) is 0 Å². The minimum Gasteiger partial charge on any atom is -0.392 e. The van der Waals surface area contributed by atoms with Crippen molar-refractivity contribution in [2.75, 3.05) is 11.9 Å². The van der Waals surface area contributed by atoms with Crippen molar-refractivity contribution in [2.45, 2.75) is 26.0 Å². The Morgan fingerprint density at radius 2 is 2.24 bits per heavy atom. The van der Waals surface area contributed by atoms with E-state index >= 15 is 0 Å². The summed E-state index contributed by atoms with van der Waals surface area (Å²) in [4.78, 5) is 10.2. The van der Waals surface area contributed by atoms with Crippen molar-refractivity contribution >= 4 is 11.4 Å². The number of anilines is 1. The van der Waals surface area contributed by atoms with Crippen LogP contribution in [0, 0.1) is 17.0 Å². The molecule has 0 spiro atoms. The lowest BCUT2D eigenvalue weighted by Gasteiger charge is -2.17. The number of nitrogens with one attached hydrogen (secondary N) is 1. The fourth-order valence-corrected chi connectivity index (χ4v) is 1.31. The highest BCUT2D eigenvalue weighted by atomic mass is 16.6. The van der Waals surface area contributed by atoms with E-state index in [0.29, 0.717) is 12.2 Å². The van der Waals surface area contributed by atoms with Gasteiger partial charge in [-0.3, -0.25) is 10.1 Å². The number of nitro benzene ring substituents is 1. The molecule has 0 saturated heterocycles. The van der Waals surface area contributed by atoms with Crippen LogP contribution < -0.4 is 11.1 Å². The zero-order valence-corrected chi connectivity index (χ0v) is 9.88. The maximum absolute atomic E-state index is 10.6. The first kappa shape index (κ1) is 13.4. The molecule has 4 N–H and O–H groups in total. The molecule has 0 aromatic heterocycles. The quantitative estimate of drug-likeness (QED) is 0.526. The summed E-state index contributed by atoms with van der Waals surface area (Å²) in [6, 6.07) is 4.18. The van der Waals surface area contributed by atoms with Gasteiger partial charge in [-0.15, -0.1) is 0 Å². The minimum atomic E-state index is -0.624. The normalized spacial score (nSPS) is 14.1. The van der Waals surface area contributed by atoms with Crippen LogP contribution in [0.3, 0.4) is 0 Å². The van der Waals surface area contributed by atoms with Crippen molar-refractivity contribution in [2.24, 2.45) is 5.73 Å². The van der Waals surface area contributed by atoms with Crippen molar-refractivity contribution in [1.82, 2.24) is 0 Å². The topological polar surface area (TPSA) is 101 Å². The largest absolute Gasteiger partial charge is 0.392 e. The van der Waals surface area contributed by atoms with E-state index in [-0.39, 0.29) is 5.69 Å². The second kappa shape index (κ2) is 5.60. The van der Waals surface area contributed by atoms with Gasteiger partial charge in [0.2, 0.25) is 0 Å². The van der Waals surface area contributed by atoms with Crippen LogP contribution in [0.5, 0.6) is 0 Å². The fourth-order valence-electron chi connectivity index (χ4n) is 1.31. The third-order valence-electron chi connectivity index (χ3n) is 2.58. The van der Waals surface area contributed by atoms with E-state index in [1.54, 1.807) is 13.0 Å². The molecule has 2 unspecified atom stereocenters. The van der Waals surface area contributed by atoms with Crippen molar-refractivity contribution in [3.8, 4) is 0 Å². The Labute approximate surface area is 99.6 Å². The summed E-state index contributed by atoms with van der Waals surface area (Å²) >= 11 is 0. The number of hydrogen-bond acceptors (Lipinski definition) is 5. The lowest BCUT2D eigenvalue weighted by Crippen LogP contribution is -2.38. The highest BCUT2D eigenvalue weighted by Crippen LogP contribution is 2.21. The molecule has 0 aliphatic carbocycles. The minimum absolute atomic E-state index is 0.0312. The number of nitro groups is 1. The summed E-state index contributed by atoms with van der Waals surface area (Å²) in [6.45, 7) is 3.81. The molecule has 1 aromatic rings. The molecule has 0 amide bonds. The second-order valence-electron chi connectivity index (χ2n) is 4.04. The number of hydrogen-bond donors (Lipinski definition) is 3. The molecule has 0 saturated carbocycles. The van der Waals surface area contributed by atoms with Crippen LogP contribution in [-0.4, -0.2) is 28.7 Å². The zero-order valence-electron chi connectivity index (χ0n) is 9.88. The van der Waals surface area contributed by atoms with Gasteiger partial charge in [0.1, 0.15) is 0 Å². The maximum Gasteiger partial charge on any atom is 0.271 e. The molecule has 2 atom stereocenters. The molecule has 6 heteroatoms. The third-order valence-corrected chi connectivity index (χ3v) is 2.58. The molecular formula is C11H17N3O3. The molecule has 0 aliphatic rings. The molecule has 6 nitrogen and oxygen atoms in total. The van der Waals surface area contributed by atoms with E-state index in [9.17, 15) is 15.2 Å². The average molecular weight is 239 g/mol. The third kappa shape index (κ3) is 3.69. The summed E-state index contributed by atoms with van der Waals surface area (Å²) < 4.78 is 0. The van der Waals surface area contributed by atoms with E-state index in [1.807, 2.05) is 6.92 Å². The SMILES string of the molecule is Cc1ccc([N+](=O)[O-])cc1NCC(N)C(C)O. The highest BCUT2D eigenvalue weighted by Gasteiger charge is 2.11. The van der Waals surface area contributed by atoms with Gasteiger partial charge < -0.3 is 16.2 Å². The molecule has 94 valence electrons. The summed E-state index contributed by atoms with van der Waals surface area (Å²) in [6.07, 6.45) is -0.624. The molecule has 1 rings (SSSR count). The van der Waals surface area contributed by atoms with Gasteiger partial charge in [0, 0.05) is 30.4 Å². The standard InChI is InChI=1S/C11H17N3O3/c1-7-3-4-9(14(16)17)5-11(7)13-6-10(12)8(2)15/h3-5,8,10,13,15H,6,12H2,1-2H3. The van der Waals surface area contributed by atoms with Gasteiger partial charge in [-0.25, -0.2) is 0 Å². The van der Waals surface area contributed by atoms with Crippen LogP contribution in [0.15, 0.2) is 18.2 Å². The molecule has 0 fully saturated rings. The predicted octanol–water partition coefficient (Wildman–Crippen LogP) is 1.02. The van der Waals surface area contributed by atoms with E-state index in [1.165, 1.54) is 12.1 Å². The van der Waals surface area contributed by atoms with Crippen LogP contribution in [0.1, 0.15) is 12.5 Å². The van der Waals surface area contributed by atoms with Crippen molar-refractivity contribution in [3.05, 3.63) is 33.9 Å². The molecule has 0 aliphatic heterocycles. The summed E-state index contributed by atoms with van der Waals surface area (Å²) in [5.74, 6) is 0. The molecule has 1 aromatic carbocycles. The second-order valence-corrected chi connectivity index (χ2v) is 4.04. The summed E-state index contributed by atoms with van der Waals surface area (Å²) in [5, 5.41) is 22.9. The van der Waals surface area contributed by atoms with Crippen molar-refractivity contribution < 1.29 is 10.0 Å². The Kier molecular flexibility index (Phi) is 4.42. The number of benzene rings is 1. The van der Waals surface area contributed by atoms with E-state index in [4.69, 9.17) is 5.73 Å². The predicted molar refractivity (Wildman–Crippen MR) is 66.0 cm³/mol. The van der Waals surface area contributed by atoms with Gasteiger partial charge in [0.25, 0.3) is 5.69 Å². The summed E-state index contributed by atoms with van der Waals surface area (Å²) in [5.41, 5.74) is 7.26. The van der Waals surface area contributed by atoms with Gasteiger partial charge in [-0.1, -0.05) is 6.07 Å². The number of aliphatic hydroxyl groups excluding tert-OH is 1. The fraction of sp³-hybridized carbons (Fsp3) is 0.455. The van der Waals surface area contributed by atoms with E-state index < -0.39 is 17.1 Å². The Morgan fingerprint density at radius 1 is 1.59 bits per heavy atom. The van der Waals surface area contributed by atoms with Crippen LogP contribution >= 0.6 is 0 Å². The Balaban J connectivity index is 2.76. The first-order valence-corrected chi connectivity index (χ1v) is 5.34. The Hall–Kier alpha value is -1.66. The number of aryl methyl sites for hydroxylation is 1. The van der Waals surface area contributed by atoms with Crippen LogP contribution in [0.4, 0.5) is 11.4 Å². The monoisotopic (exact) mass is 239 g/mol. The summed E-state index contributed by atoms with van der Waals surface area (Å²) in [7, 11) is 0. The molecule has 0 heterocycles. The number of nitrogens with zero attached hydrogens (tertiary/aromatic N) is 1. The van der Waals surface area contributed by atoms with E-state index in [2.05, 4.69) is 5.32 Å². The van der Waals surface area contributed by atoms with Gasteiger partial charge in [-0.2, -0.15) is 0 Å². The lowest BCUT2D eigenvalue weighted by atomic mass is 10.1. The Morgan fingerprint density at radius 3 is 2.76 bits per heavy atom. The van der Waals surface area contributed by atoms with Crippen LogP contribution in [0.2, 0.25) is 0 Å². The van der Waals surface area contributed by atoms with Gasteiger partial charge in [0.15, 0.2) is 0 Å². The Bertz CT molecular complexity index is 407. The van der Waals surface area contributed by atoms with Crippen LogP contribution in [-0.2, 0) is 0 Å². The number of rotatable bonds is 5. The molecule has 0 radical (unpaired) electrons. The van der Waals surface area contributed by atoms with Gasteiger partial charge in [0.05, 0.1) is 11.0 Å².